The van der Waals surface area contributed by atoms with Gasteiger partial charge in [0.25, 0.3) is 11.7 Å². The number of carbonyl (C=O) groups is 3. The molecule has 5 heteroatoms. The topological polar surface area (TPSA) is 80.5 Å². The zero-order chi connectivity index (χ0) is 13.4. The Kier molecular flexibility index (Phi) is 2.90. The standard InChI is InChI=1S/C13H14N2O3/c1-7-3-4-10-9(5-7)11(16)13(18)15(10)6-8(2)12(14)17/h3-5,8H,6H2,1-2H3,(H2,14,17). The van der Waals surface area contributed by atoms with Crippen molar-refractivity contribution in [3.05, 3.63) is 29.3 Å². The third kappa shape index (κ3) is 1.88. The van der Waals surface area contributed by atoms with Gasteiger partial charge in [-0.25, -0.2) is 0 Å². The molecule has 1 aliphatic rings. The van der Waals surface area contributed by atoms with Gasteiger partial charge in [-0.3, -0.25) is 14.4 Å². The Labute approximate surface area is 105 Å². The third-order valence-electron chi connectivity index (χ3n) is 3.07. The number of primary amides is 1. The Bertz CT molecular complexity index is 551. The maximum Gasteiger partial charge on any atom is 0.299 e. The minimum Gasteiger partial charge on any atom is -0.369 e. The number of nitrogens with two attached hydrogens (primary N) is 1. The number of aryl methyl sites for hydroxylation is 1. The predicted molar refractivity (Wildman–Crippen MR) is 66.2 cm³/mol. The van der Waals surface area contributed by atoms with E-state index in [0.717, 1.165) is 5.56 Å². The number of benzene rings is 1. The maximum absolute atomic E-state index is 11.9. The number of anilines is 1. The van der Waals surface area contributed by atoms with E-state index in [4.69, 9.17) is 5.73 Å². The Balaban J connectivity index is 2.37. The first-order valence-electron chi connectivity index (χ1n) is 5.68. The largest absolute Gasteiger partial charge is 0.369 e. The third-order valence-corrected chi connectivity index (χ3v) is 3.07. The summed E-state index contributed by atoms with van der Waals surface area (Å²) in [4.78, 5) is 36.0. The Morgan fingerprint density at radius 1 is 1.39 bits per heavy atom. The summed E-state index contributed by atoms with van der Waals surface area (Å²) in [5.74, 6) is -2.10. The molecule has 1 aliphatic heterocycles. The van der Waals surface area contributed by atoms with E-state index in [1.807, 2.05) is 13.0 Å². The van der Waals surface area contributed by atoms with E-state index in [2.05, 4.69) is 0 Å². The minimum atomic E-state index is -0.594. The van der Waals surface area contributed by atoms with Crippen LogP contribution in [-0.4, -0.2) is 24.1 Å². The Morgan fingerprint density at radius 2 is 2.06 bits per heavy atom. The number of carbonyl (C=O) groups excluding carboxylic acids is 3. The van der Waals surface area contributed by atoms with Crippen molar-refractivity contribution in [2.45, 2.75) is 13.8 Å². The number of ketones is 1. The van der Waals surface area contributed by atoms with Crippen LogP contribution in [0.2, 0.25) is 0 Å². The van der Waals surface area contributed by atoms with Crippen molar-refractivity contribution in [3.8, 4) is 0 Å². The molecule has 94 valence electrons. The molecule has 0 aromatic heterocycles. The van der Waals surface area contributed by atoms with Crippen LogP contribution in [0.1, 0.15) is 22.8 Å². The molecular formula is C13H14N2O3. The second kappa shape index (κ2) is 4.25. The normalized spacial score (nSPS) is 15.8. The first kappa shape index (κ1) is 12.3. The highest BCUT2D eigenvalue weighted by molar-refractivity contribution is 6.52. The molecule has 1 aromatic carbocycles. The predicted octanol–water partition coefficient (Wildman–Crippen LogP) is 0.646. The van der Waals surface area contributed by atoms with Crippen LogP contribution >= 0.6 is 0 Å². The number of amides is 2. The molecule has 0 spiro atoms. The zero-order valence-corrected chi connectivity index (χ0v) is 10.3. The number of fused-ring (bicyclic) bond motifs is 1. The molecule has 1 heterocycles. The molecular weight excluding hydrogens is 232 g/mol. The summed E-state index contributed by atoms with van der Waals surface area (Å²) in [6.45, 7) is 3.62. The molecule has 0 aliphatic carbocycles. The molecule has 0 saturated heterocycles. The van der Waals surface area contributed by atoms with Crippen LogP contribution in [0.15, 0.2) is 18.2 Å². The van der Waals surface area contributed by atoms with Gasteiger partial charge in [0.15, 0.2) is 0 Å². The van der Waals surface area contributed by atoms with E-state index in [9.17, 15) is 14.4 Å². The van der Waals surface area contributed by atoms with E-state index < -0.39 is 23.5 Å². The molecule has 2 rings (SSSR count). The van der Waals surface area contributed by atoms with Crippen molar-refractivity contribution in [3.63, 3.8) is 0 Å². The summed E-state index contributed by atoms with van der Waals surface area (Å²) in [5, 5.41) is 0. The summed E-state index contributed by atoms with van der Waals surface area (Å²) < 4.78 is 0. The van der Waals surface area contributed by atoms with E-state index in [-0.39, 0.29) is 6.54 Å². The van der Waals surface area contributed by atoms with Crippen LogP contribution in [0.5, 0.6) is 0 Å². The van der Waals surface area contributed by atoms with Gasteiger partial charge >= 0.3 is 0 Å². The fourth-order valence-electron chi connectivity index (χ4n) is 1.96. The monoisotopic (exact) mass is 246 g/mol. The minimum absolute atomic E-state index is 0.135. The number of rotatable bonds is 3. The van der Waals surface area contributed by atoms with E-state index in [0.29, 0.717) is 11.3 Å². The van der Waals surface area contributed by atoms with Crippen molar-refractivity contribution < 1.29 is 14.4 Å². The summed E-state index contributed by atoms with van der Waals surface area (Å²) in [6, 6.07) is 5.23. The van der Waals surface area contributed by atoms with Gasteiger partial charge in [0.1, 0.15) is 0 Å². The highest BCUT2D eigenvalue weighted by Crippen LogP contribution is 2.30. The van der Waals surface area contributed by atoms with Crippen molar-refractivity contribution >= 4 is 23.3 Å². The molecule has 5 nitrogen and oxygen atoms in total. The summed E-state index contributed by atoms with van der Waals surface area (Å²) in [7, 11) is 0. The van der Waals surface area contributed by atoms with Crippen molar-refractivity contribution in [2.75, 3.05) is 11.4 Å². The molecule has 0 saturated carbocycles. The number of hydrogen-bond acceptors (Lipinski definition) is 3. The van der Waals surface area contributed by atoms with Gasteiger partial charge in [-0.1, -0.05) is 18.6 Å². The molecule has 2 amide bonds. The fourth-order valence-corrected chi connectivity index (χ4v) is 1.96. The van der Waals surface area contributed by atoms with Crippen LogP contribution in [0.25, 0.3) is 0 Å². The lowest BCUT2D eigenvalue weighted by Gasteiger charge is -2.19. The van der Waals surface area contributed by atoms with Gasteiger partial charge in [0.05, 0.1) is 17.2 Å². The zero-order valence-electron chi connectivity index (χ0n) is 10.3. The number of hydrogen-bond donors (Lipinski definition) is 1. The van der Waals surface area contributed by atoms with E-state index in [1.54, 1.807) is 19.1 Å². The average Bonchev–Trinajstić information content (AvgIpc) is 2.54. The van der Waals surface area contributed by atoms with Crippen molar-refractivity contribution in [1.29, 1.82) is 0 Å². The lowest BCUT2D eigenvalue weighted by molar-refractivity contribution is -0.121. The van der Waals surface area contributed by atoms with Gasteiger partial charge < -0.3 is 10.6 Å². The van der Waals surface area contributed by atoms with E-state index in [1.165, 1.54) is 4.90 Å². The highest BCUT2D eigenvalue weighted by Gasteiger charge is 2.36. The SMILES string of the molecule is Cc1ccc2c(c1)C(=O)C(=O)N2CC(C)C(N)=O. The molecule has 0 radical (unpaired) electrons. The molecule has 1 unspecified atom stereocenters. The highest BCUT2D eigenvalue weighted by atomic mass is 16.2. The summed E-state index contributed by atoms with van der Waals surface area (Å²) in [5.41, 5.74) is 7.05. The summed E-state index contributed by atoms with van der Waals surface area (Å²) in [6.07, 6.45) is 0. The van der Waals surface area contributed by atoms with E-state index >= 15 is 0 Å². The van der Waals surface area contributed by atoms with Crippen molar-refractivity contribution in [1.82, 2.24) is 0 Å². The van der Waals surface area contributed by atoms with Crippen LogP contribution in [0, 0.1) is 12.8 Å². The Hall–Kier alpha value is -2.17. The molecule has 2 N–H and O–H groups in total. The van der Waals surface area contributed by atoms with Crippen LogP contribution < -0.4 is 10.6 Å². The average molecular weight is 246 g/mol. The van der Waals surface area contributed by atoms with Crippen LogP contribution in [-0.2, 0) is 9.59 Å². The van der Waals surface area contributed by atoms with Crippen molar-refractivity contribution in [2.24, 2.45) is 11.7 Å². The van der Waals surface area contributed by atoms with Gasteiger partial charge in [-0.15, -0.1) is 0 Å². The quantitative estimate of drug-likeness (QED) is 0.795. The molecule has 0 bridgehead atoms. The molecule has 1 atom stereocenters. The Morgan fingerprint density at radius 3 is 2.67 bits per heavy atom. The second-order valence-electron chi connectivity index (χ2n) is 4.57. The lowest BCUT2D eigenvalue weighted by atomic mass is 10.1. The fraction of sp³-hybridized carbons (Fsp3) is 0.308. The molecule has 1 aromatic rings. The molecule has 0 fully saturated rings. The number of Topliss-reactive ketones (excluding diaryl/α,β-unsaturated/α-hetero) is 1. The molecule has 18 heavy (non-hydrogen) atoms. The lowest BCUT2D eigenvalue weighted by Crippen LogP contribution is -2.38. The second-order valence-corrected chi connectivity index (χ2v) is 4.57. The smallest absolute Gasteiger partial charge is 0.299 e. The summed E-state index contributed by atoms with van der Waals surface area (Å²) >= 11 is 0. The first-order valence-corrected chi connectivity index (χ1v) is 5.68. The first-order chi connectivity index (χ1) is 8.41. The van der Waals surface area contributed by atoms with Crippen LogP contribution in [0.4, 0.5) is 5.69 Å². The van der Waals surface area contributed by atoms with Gasteiger partial charge in [0, 0.05) is 6.54 Å². The van der Waals surface area contributed by atoms with Gasteiger partial charge in [0.2, 0.25) is 5.91 Å². The van der Waals surface area contributed by atoms with Gasteiger partial charge in [-0.2, -0.15) is 0 Å². The van der Waals surface area contributed by atoms with Crippen LogP contribution in [0.3, 0.4) is 0 Å². The van der Waals surface area contributed by atoms with Gasteiger partial charge in [-0.05, 0) is 19.1 Å². The maximum atomic E-state index is 11.9. The number of nitrogens with zero attached hydrogens (tertiary/aromatic N) is 1.